The van der Waals surface area contributed by atoms with E-state index >= 15 is 0 Å². The zero-order valence-corrected chi connectivity index (χ0v) is 15.8. The Balaban J connectivity index is 1.23. The molecule has 2 aromatic carbocycles. The van der Waals surface area contributed by atoms with Gasteiger partial charge in [0, 0.05) is 32.0 Å². The smallest absolute Gasteiger partial charge is 0.0890 e. The lowest BCUT2D eigenvalue weighted by Gasteiger charge is -2.33. The average molecular weight is 361 g/mol. The Bertz CT molecular complexity index is 849. The number of rotatable bonds is 7. The standard InChI is InChI=1S/C23H28N4/c1-2-5-19(6-3-1)10-14-27-13-4-7-21(18-27)17-24-16-20-8-9-22-23(15-20)26-12-11-25-22/h1-3,5-6,8-9,11-12,15,21,24H,4,7,10,13-14,16-18H2. The van der Waals surface area contributed by atoms with E-state index in [0.717, 1.165) is 36.5 Å². The van der Waals surface area contributed by atoms with E-state index in [1.165, 1.54) is 43.6 Å². The first-order valence-electron chi connectivity index (χ1n) is 10.0. The van der Waals surface area contributed by atoms with Crippen molar-refractivity contribution in [3.8, 4) is 0 Å². The van der Waals surface area contributed by atoms with Gasteiger partial charge in [0.15, 0.2) is 0 Å². The van der Waals surface area contributed by atoms with Crippen LogP contribution in [0.3, 0.4) is 0 Å². The predicted molar refractivity (Wildman–Crippen MR) is 111 cm³/mol. The molecule has 4 nitrogen and oxygen atoms in total. The first-order chi connectivity index (χ1) is 13.4. The zero-order chi connectivity index (χ0) is 18.3. The fourth-order valence-corrected chi connectivity index (χ4v) is 3.99. The minimum atomic E-state index is 0.745. The van der Waals surface area contributed by atoms with Gasteiger partial charge in [-0.25, -0.2) is 0 Å². The molecule has 1 fully saturated rings. The molecule has 4 heteroatoms. The molecule has 3 aromatic rings. The highest BCUT2D eigenvalue weighted by atomic mass is 15.1. The molecule has 1 aliphatic heterocycles. The van der Waals surface area contributed by atoms with Gasteiger partial charge >= 0.3 is 0 Å². The lowest BCUT2D eigenvalue weighted by Crippen LogP contribution is -2.40. The normalized spacial score (nSPS) is 18.0. The van der Waals surface area contributed by atoms with Gasteiger partial charge in [0.25, 0.3) is 0 Å². The third-order valence-electron chi connectivity index (χ3n) is 5.46. The van der Waals surface area contributed by atoms with Crippen molar-refractivity contribution < 1.29 is 0 Å². The monoisotopic (exact) mass is 360 g/mol. The molecule has 1 unspecified atom stereocenters. The number of likely N-dealkylation sites (tertiary alicyclic amines) is 1. The molecule has 0 radical (unpaired) electrons. The van der Waals surface area contributed by atoms with Crippen LogP contribution in [-0.4, -0.2) is 41.0 Å². The number of nitrogens with zero attached hydrogens (tertiary/aromatic N) is 3. The maximum absolute atomic E-state index is 4.40. The predicted octanol–water partition coefficient (Wildman–Crippen LogP) is 3.67. The molecular weight excluding hydrogens is 332 g/mol. The Morgan fingerprint density at radius 3 is 2.70 bits per heavy atom. The first-order valence-corrected chi connectivity index (χ1v) is 10.0. The number of hydrogen-bond donors (Lipinski definition) is 1. The van der Waals surface area contributed by atoms with E-state index in [-0.39, 0.29) is 0 Å². The van der Waals surface area contributed by atoms with Crippen LogP contribution < -0.4 is 5.32 Å². The molecule has 1 atom stereocenters. The number of hydrogen-bond acceptors (Lipinski definition) is 4. The summed E-state index contributed by atoms with van der Waals surface area (Å²) in [7, 11) is 0. The van der Waals surface area contributed by atoms with Gasteiger partial charge in [0.1, 0.15) is 0 Å². The fraction of sp³-hybridized carbons (Fsp3) is 0.391. The van der Waals surface area contributed by atoms with Crippen molar-refractivity contribution in [2.24, 2.45) is 5.92 Å². The highest BCUT2D eigenvalue weighted by Gasteiger charge is 2.19. The third kappa shape index (κ3) is 5.12. The number of benzene rings is 2. The van der Waals surface area contributed by atoms with Crippen molar-refractivity contribution in [1.82, 2.24) is 20.2 Å². The molecule has 4 rings (SSSR count). The van der Waals surface area contributed by atoms with Crippen LogP contribution in [0.15, 0.2) is 60.9 Å². The van der Waals surface area contributed by atoms with E-state index in [2.05, 4.69) is 68.7 Å². The molecule has 0 amide bonds. The van der Waals surface area contributed by atoms with E-state index < -0.39 is 0 Å². The molecular formula is C23H28N4. The first kappa shape index (κ1) is 18.1. The molecule has 0 spiro atoms. The minimum Gasteiger partial charge on any atom is -0.312 e. The van der Waals surface area contributed by atoms with Gasteiger partial charge in [-0.2, -0.15) is 0 Å². The number of piperidine rings is 1. The van der Waals surface area contributed by atoms with E-state index in [1.54, 1.807) is 12.4 Å². The maximum atomic E-state index is 4.40. The van der Waals surface area contributed by atoms with Crippen molar-refractivity contribution in [2.75, 3.05) is 26.2 Å². The molecule has 0 bridgehead atoms. The summed E-state index contributed by atoms with van der Waals surface area (Å²) >= 11 is 0. The van der Waals surface area contributed by atoms with Gasteiger partial charge in [-0.1, -0.05) is 36.4 Å². The second-order valence-corrected chi connectivity index (χ2v) is 7.55. The summed E-state index contributed by atoms with van der Waals surface area (Å²) in [5.41, 5.74) is 4.65. The lowest BCUT2D eigenvalue weighted by atomic mass is 9.97. The van der Waals surface area contributed by atoms with Crippen molar-refractivity contribution in [1.29, 1.82) is 0 Å². The van der Waals surface area contributed by atoms with E-state index in [4.69, 9.17) is 0 Å². The van der Waals surface area contributed by atoms with Crippen LogP contribution >= 0.6 is 0 Å². The van der Waals surface area contributed by atoms with Crippen LogP contribution in [0.25, 0.3) is 11.0 Å². The molecule has 27 heavy (non-hydrogen) atoms. The molecule has 2 heterocycles. The third-order valence-corrected chi connectivity index (χ3v) is 5.46. The summed E-state index contributed by atoms with van der Waals surface area (Å²) in [5, 5.41) is 3.66. The van der Waals surface area contributed by atoms with Crippen LogP contribution in [-0.2, 0) is 13.0 Å². The highest BCUT2D eigenvalue weighted by molar-refractivity contribution is 5.74. The van der Waals surface area contributed by atoms with Crippen molar-refractivity contribution in [3.05, 3.63) is 72.1 Å². The van der Waals surface area contributed by atoms with Gasteiger partial charge in [0.05, 0.1) is 11.0 Å². The molecule has 1 aromatic heterocycles. The number of nitrogens with one attached hydrogen (secondary N) is 1. The van der Waals surface area contributed by atoms with Crippen LogP contribution in [0.2, 0.25) is 0 Å². The van der Waals surface area contributed by atoms with Crippen molar-refractivity contribution in [3.63, 3.8) is 0 Å². The average Bonchev–Trinajstić information content (AvgIpc) is 2.73. The largest absolute Gasteiger partial charge is 0.312 e. The van der Waals surface area contributed by atoms with Gasteiger partial charge in [0.2, 0.25) is 0 Å². The van der Waals surface area contributed by atoms with Gasteiger partial charge in [-0.05, 0) is 61.5 Å². The minimum absolute atomic E-state index is 0.745. The van der Waals surface area contributed by atoms with Gasteiger partial charge in [-0.3, -0.25) is 9.97 Å². The lowest BCUT2D eigenvalue weighted by molar-refractivity contribution is 0.174. The summed E-state index contributed by atoms with van der Waals surface area (Å²) in [5.74, 6) is 0.745. The summed E-state index contributed by atoms with van der Waals surface area (Å²) in [6.07, 6.45) is 7.29. The highest BCUT2D eigenvalue weighted by Crippen LogP contribution is 2.17. The second-order valence-electron chi connectivity index (χ2n) is 7.55. The van der Waals surface area contributed by atoms with E-state index in [1.807, 2.05) is 0 Å². The quantitative estimate of drug-likeness (QED) is 0.698. The topological polar surface area (TPSA) is 41.0 Å². The molecule has 140 valence electrons. The zero-order valence-electron chi connectivity index (χ0n) is 15.8. The van der Waals surface area contributed by atoms with Gasteiger partial charge in [-0.15, -0.1) is 0 Å². The molecule has 0 saturated carbocycles. The molecule has 1 aliphatic rings. The van der Waals surface area contributed by atoms with Crippen molar-refractivity contribution >= 4 is 11.0 Å². The summed E-state index contributed by atoms with van der Waals surface area (Å²) in [6, 6.07) is 17.2. The van der Waals surface area contributed by atoms with Crippen molar-refractivity contribution in [2.45, 2.75) is 25.8 Å². The van der Waals surface area contributed by atoms with Crippen LogP contribution in [0.5, 0.6) is 0 Å². The molecule has 1 N–H and O–H groups in total. The van der Waals surface area contributed by atoms with Crippen LogP contribution in [0, 0.1) is 5.92 Å². The van der Waals surface area contributed by atoms with Crippen LogP contribution in [0.4, 0.5) is 0 Å². The number of fused-ring (bicyclic) bond motifs is 1. The summed E-state index contributed by atoms with van der Waals surface area (Å²) < 4.78 is 0. The Morgan fingerprint density at radius 2 is 1.81 bits per heavy atom. The SMILES string of the molecule is c1ccc(CCN2CCCC(CNCc3ccc4nccnc4c3)C2)cc1. The Hall–Kier alpha value is -2.30. The van der Waals surface area contributed by atoms with Crippen LogP contribution in [0.1, 0.15) is 24.0 Å². The maximum Gasteiger partial charge on any atom is 0.0890 e. The Labute approximate surface area is 161 Å². The molecule has 0 aliphatic carbocycles. The Morgan fingerprint density at radius 1 is 0.963 bits per heavy atom. The van der Waals surface area contributed by atoms with E-state index in [9.17, 15) is 0 Å². The second kappa shape index (κ2) is 9.07. The summed E-state index contributed by atoms with van der Waals surface area (Å²) in [4.78, 5) is 11.4. The summed E-state index contributed by atoms with van der Waals surface area (Å²) in [6.45, 7) is 5.60. The Kier molecular flexibility index (Phi) is 6.07. The fourth-order valence-electron chi connectivity index (χ4n) is 3.99. The molecule has 1 saturated heterocycles. The van der Waals surface area contributed by atoms with Gasteiger partial charge < -0.3 is 10.2 Å². The number of aromatic nitrogens is 2. The van der Waals surface area contributed by atoms with E-state index in [0.29, 0.717) is 0 Å².